The topological polar surface area (TPSA) is 169 Å². The van der Waals surface area contributed by atoms with Gasteiger partial charge in [-0.3, -0.25) is 0 Å². The van der Waals surface area contributed by atoms with Crippen molar-refractivity contribution in [2.75, 3.05) is 0 Å². The Labute approximate surface area is 451 Å². The van der Waals surface area contributed by atoms with Gasteiger partial charge in [-0.2, -0.15) is 26.3 Å². The van der Waals surface area contributed by atoms with Crippen LogP contribution < -0.4 is 0 Å². The molecule has 0 spiro atoms. The minimum Gasteiger partial charge on any atom is -0.308 e. The van der Waals surface area contributed by atoms with Gasteiger partial charge in [0.2, 0.25) is 0 Å². The summed E-state index contributed by atoms with van der Waals surface area (Å²) in [5, 5.41) is 2.71. The Balaban J connectivity index is 1.23. The Kier molecular flexibility index (Phi) is 11.8. The number of alkyl halides is 6. The third-order valence-electron chi connectivity index (χ3n) is 13.6. The predicted octanol–water partition coefficient (Wildman–Crippen LogP) is 14.0. The quantitative estimate of drug-likeness (QED) is 0.110. The van der Waals surface area contributed by atoms with E-state index in [4.69, 9.17) is 6.57 Å². The van der Waals surface area contributed by atoms with E-state index in [-0.39, 0.29) is 23.0 Å². The second-order valence-electron chi connectivity index (χ2n) is 19.3. The van der Waals surface area contributed by atoms with Gasteiger partial charge in [0.25, 0.3) is 0 Å². The van der Waals surface area contributed by atoms with E-state index in [9.17, 15) is 13.2 Å². The number of rotatable bonds is 7. The Morgan fingerprint density at radius 2 is 0.662 bits per heavy atom. The molecule has 0 aliphatic heterocycles. The van der Waals surface area contributed by atoms with Gasteiger partial charge in [-0.25, -0.2) is 64.7 Å². The predicted molar refractivity (Wildman–Crippen MR) is 290 cm³/mol. The second-order valence-corrected chi connectivity index (χ2v) is 19.3. The lowest BCUT2D eigenvalue weighted by Gasteiger charge is -2.22. The van der Waals surface area contributed by atoms with E-state index in [1.807, 2.05) is 81.9 Å². The van der Waals surface area contributed by atoms with E-state index in [2.05, 4.69) is 64.7 Å². The second kappa shape index (κ2) is 18.6. The van der Waals surface area contributed by atoms with Crippen LogP contribution in [0.15, 0.2) is 103 Å². The summed E-state index contributed by atoms with van der Waals surface area (Å²) in [5.74, 6) is 5.69. The van der Waals surface area contributed by atoms with Crippen molar-refractivity contribution < 1.29 is 26.3 Å². The molecule has 0 saturated heterocycles. The number of nitrogens with zero attached hydrogens (tertiary/aromatic N) is 15. The first-order valence-corrected chi connectivity index (χ1v) is 24.9. The van der Waals surface area contributed by atoms with Crippen LogP contribution >= 0.6 is 0 Å². The van der Waals surface area contributed by atoms with Gasteiger partial charge in [0.05, 0.1) is 51.1 Å². The summed E-state index contributed by atoms with van der Waals surface area (Å²) in [6.45, 7) is 22.8. The molecule has 0 fully saturated rings. The van der Waals surface area contributed by atoms with E-state index in [1.165, 1.54) is 12.1 Å². The summed E-state index contributed by atoms with van der Waals surface area (Å²) in [6, 6.07) is 26.9. The molecule has 0 aliphatic rings. The van der Waals surface area contributed by atoms with Gasteiger partial charge in [-0.1, -0.05) is 6.07 Å². The minimum atomic E-state index is -5.28. The standard InChI is InChI=1S/C59H41F6N15/c1-27-67-28(2)72-54(71-27)35-10-16-48-42(20-35)43-21-36(55-73-29(3)68-30(4)74-55)11-17-49(43)79(48)52-25-41(40-15-14-39(58(60,61)62)24-46(40)59(63,64)65)47(66-9)26-53(52)80-50-18-12-37(56-75-31(5)69-32(6)76-56)22-44(50)45-23-38(13-19-51(45)80)57-77-33(7)70-34(8)78-57/h10-26H,1-8H3. The number of hydrogen-bond donors (Lipinski definition) is 0. The Hall–Kier alpha value is -9.97. The maximum Gasteiger partial charge on any atom is 0.416 e. The Bertz CT molecular complexity index is 4350. The van der Waals surface area contributed by atoms with Crippen LogP contribution in [0, 0.1) is 62.0 Å². The number of aromatic nitrogens is 14. The van der Waals surface area contributed by atoms with Crippen LogP contribution in [0.25, 0.3) is 117 Å². The first kappa shape index (κ1) is 50.8. The highest BCUT2D eigenvalue weighted by atomic mass is 19.4. The number of hydrogen-bond acceptors (Lipinski definition) is 12. The molecule has 394 valence electrons. The van der Waals surface area contributed by atoms with Crippen molar-refractivity contribution in [2.45, 2.75) is 67.7 Å². The molecule has 0 bridgehead atoms. The van der Waals surface area contributed by atoms with Gasteiger partial charge in [0, 0.05) is 43.8 Å². The summed E-state index contributed by atoms with van der Waals surface area (Å²) >= 11 is 0. The molecule has 12 rings (SSSR count). The molecule has 6 aromatic carbocycles. The molecule has 0 atom stereocenters. The van der Waals surface area contributed by atoms with Crippen LogP contribution in [0.2, 0.25) is 0 Å². The van der Waals surface area contributed by atoms with Crippen LogP contribution in [0.5, 0.6) is 0 Å². The molecule has 0 N–H and O–H groups in total. The Morgan fingerprint density at radius 1 is 0.350 bits per heavy atom. The first-order chi connectivity index (χ1) is 38.1. The number of fused-ring (bicyclic) bond motifs is 6. The van der Waals surface area contributed by atoms with E-state index in [0.717, 1.165) is 6.07 Å². The maximum absolute atomic E-state index is 15.3. The fourth-order valence-corrected chi connectivity index (χ4v) is 10.5. The molecule has 0 aliphatic carbocycles. The Morgan fingerprint density at radius 3 is 0.950 bits per heavy atom. The fourth-order valence-electron chi connectivity index (χ4n) is 10.5. The zero-order valence-corrected chi connectivity index (χ0v) is 43.8. The molecular formula is C59H41F6N15. The summed E-state index contributed by atoms with van der Waals surface area (Å²) in [7, 11) is 0. The molecule has 12 aromatic rings. The van der Waals surface area contributed by atoms with Gasteiger partial charge in [0.15, 0.2) is 29.0 Å². The van der Waals surface area contributed by atoms with Crippen molar-refractivity contribution in [3.63, 3.8) is 0 Å². The van der Waals surface area contributed by atoms with Crippen molar-refractivity contribution in [3.8, 4) is 68.1 Å². The highest BCUT2D eigenvalue weighted by Gasteiger charge is 2.39. The monoisotopic (exact) mass is 1070 g/mol. The van der Waals surface area contributed by atoms with Crippen molar-refractivity contribution in [1.82, 2.24) is 68.9 Å². The van der Waals surface area contributed by atoms with Crippen molar-refractivity contribution in [1.29, 1.82) is 0 Å². The third kappa shape index (κ3) is 8.93. The lowest BCUT2D eigenvalue weighted by atomic mass is 9.94. The van der Waals surface area contributed by atoms with Crippen LogP contribution in [0.3, 0.4) is 0 Å². The summed E-state index contributed by atoms with van der Waals surface area (Å²) in [5.41, 5.74) is 1.28. The molecule has 80 heavy (non-hydrogen) atoms. The normalized spacial score (nSPS) is 12.1. The van der Waals surface area contributed by atoms with Crippen LogP contribution in [0.4, 0.5) is 32.0 Å². The molecule has 0 amide bonds. The van der Waals surface area contributed by atoms with Gasteiger partial charge in [-0.05, 0) is 164 Å². The average molecular weight is 1070 g/mol. The van der Waals surface area contributed by atoms with Gasteiger partial charge >= 0.3 is 12.4 Å². The maximum atomic E-state index is 15.3. The molecule has 21 heteroatoms. The number of aryl methyl sites for hydroxylation is 8. The van der Waals surface area contributed by atoms with Crippen LogP contribution in [0.1, 0.15) is 57.7 Å². The molecular weight excluding hydrogens is 1030 g/mol. The van der Waals surface area contributed by atoms with Gasteiger partial charge in [-0.15, -0.1) is 0 Å². The van der Waals surface area contributed by atoms with Crippen LogP contribution in [-0.2, 0) is 12.4 Å². The van der Waals surface area contributed by atoms with Crippen LogP contribution in [-0.4, -0.2) is 68.9 Å². The fraction of sp³-hybridized carbons (Fsp3) is 0.169. The summed E-state index contributed by atoms with van der Waals surface area (Å²) < 4.78 is 92.5. The third-order valence-corrected chi connectivity index (χ3v) is 13.6. The molecule has 0 radical (unpaired) electrons. The van der Waals surface area contributed by atoms with E-state index in [1.54, 1.807) is 55.4 Å². The number of benzene rings is 6. The SMILES string of the molecule is [C-]#[N+]c1cc(-n2c3ccc(-c4nc(C)nc(C)n4)cc3c3cc(-c4nc(C)nc(C)n4)ccc32)c(-n2c3ccc(-c4nc(C)nc(C)n4)cc3c3cc(-c4nc(C)nc(C)n4)ccc32)cc1-c1ccc(C(F)(F)F)cc1C(F)(F)F. The van der Waals surface area contributed by atoms with Crippen molar-refractivity contribution in [3.05, 3.63) is 172 Å². The molecule has 0 saturated carbocycles. The lowest BCUT2D eigenvalue weighted by Crippen LogP contribution is -2.12. The van der Waals surface area contributed by atoms with E-state index < -0.39 is 29.0 Å². The smallest absolute Gasteiger partial charge is 0.308 e. The zero-order valence-electron chi connectivity index (χ0n) is 43.8. The van der Waals surface area contributed by atoms with Crippen molar-refractivity contribution in [2.24, 2.45) is 0 Å². The lowest BCUT2D eigenvalue weighted by molar-refractivity contribution is -0.142. The molecule has 6 aromatic heterocycles. The zero-order chi connectivity index (χ0) is 56.3. The van der Waals surface area contributed by atoms with E-state index >= 15 is 13.2 Å². The van der Waals surface area contributed by atoms with Gasteiger partial charge in [0.1, 0.15) is 46.6 Å². The molecule has 6 heterocycles. The largest absolute Gasteiger partial charge is 0.416 e. The van der Waals surface area contributed by atoms with Crippen molar-refractivity contribution >= 4 is 49.3 Å². The molecule has 15 nitrogen and oxygen atoms in total. The summed E-state index contributed by atoms with van der Waals surface area (Å²) in [4.78, 5) is 58.6. The van der Waals surface area contributed by atoms with E-state index in [0.29, 0.717) is 148 Å². The average Bonchev–Trinajstić information content (AvgIpc) is 3.00. The molecule has 0 unspecified atom stereocenters. The highest BCUT2D eigenvalue weighted by molar-refractivity contribution is 6.14. The van der Waals surface area contributed by atoms with Gasteiger partial charge < -0.3 is 9.13 Å². The first-order valence-electron chi connectivity index (χ1n) is 24.9. The highest BCUT2D eigenvalue weighted by Crippen LogP contribution is 2.48. The summed E-state index contributed by atoms with van der Waals surface area (Å²) in [6.07, 6.45) is -10.4. The number of halogens is 6. The minimum absolute atomic E-state index is 0.0858.